The number of amides is 4. The lowest BCUT2D eigenvalue weighted by Crippen LogP contribution is -2.76. The Labute approximate surface area is 348 Å². The number of oxime groups is 1. The number of hydrogen-bond acceptors (Lipinski definition) is 17. The highest BCUT2D eigenvalue weighted by molar-refractivity contribution is 7.80. The molecule has 0 spiro atoms. The van der Waals surface area contributed by atoms with Gasteiger partial charge in [-0.1, -0.05) is 17.3 Å². The van der Waals surface area contributed by atoms with Crippen LogP contribution in [0.15, 0.2) is 41.0 Å². The third-order valence-corrected chi connectivity index (χ3v) is 8.92. The molecular formula is C35H47N9O14S2. The first-order valence-corrected chi connectivity index (χ1v) is 20.2. The molecule has 1 aromatic carbocycles. The van der Waals surface area contributed by atoms with Gasteiger partial charge in [0, 0.05) is 30.2 Å². The van der Waals surface area contributed by atoms with Crippen LogP contribution in [0.3, 0.4) is 0 Å². The minimum absolute atomic E-state index is 0.0456. The summed E-state index contributed by atoms with van der Waals surface area (Å²) in [5.74, 6) is -3.23. The summed E-state index contributed by atoms with van der Waals surface area (Å²) in [6, 6.07) is 5.03. The van der Waals surface area contributed by atoms with Gasteiger partial charge in [0.1, 0.15) is 35.3 Å². The maximum atomic E-state index is 13.6. The van der Waals surface area contributed by atoms with Gasteiger partial charge in [0.15, 0.2) is 16.7 Å². The molecule has 2 aromatic heterocycles. The molecule has 7 N–H and O–H groups in total. The first-order chi connectivity index (χ1) is 27.7. The van der Waals surface area contributed by atoms with Crippen molar-refractivity contribution in [2.24, 2.45) is 5.16 Å². The second kappa shape index (κ2) is 18.5. The molecule has 3 aromatic rings. The number of hydroxylamine groups is 2. The highest BCUT2D eigenvalue weighted by Crippen LogP contribution is 2.33. The number of carboxylic acid groups (broad SMARTS) is 1. The van der Waals surface area contributed by atoms with Crippen LogP contribution in [0.4, 0.5) is 20.5 Å². The lowest BCUT2D eigenvalue weighted by atomic mass is 9.84. The summed E-state index contributed by atoms with van der Waals surface area (Å²) in [5.41, 5.74) is 3.61. The van der Waals surface area contributed by atoms with Crippen LogP contribution in [0.1, 0.15) is 67.5 Å². The fourth-order valence-corrected chi connectivity index (χ4v) is 6.27. The van der Waals surface area contributed by atoms with Gasteiger partial charge in [-0.25, -0.2) is 19.4 Å². The number of alkyl carbamates (subject to hydrolysis) is 1. The average molecular weight is 882 g/mol. The van der Waals surface area contributed by atoms with Gasteiger partial charge in [0.05, 0.1) is 5.54 Å². The van der Waals surface area contributed by atoms with Gasteiger partial charge in [-0.15, -0.1) is 15.6 Å². The summed E-state index contributed by atoms with van der Waals surface area (Å²) in [6.45, 7) is 13.1. The Morgan fingerprint density at radius 3 is 2.27 bits per heavy atom. The van der Waals surface area contributed by atoms with E-state index in [-0.39, 0.29) is 22.4 Å². The summed E-state index contributed by atoms with van der Waals surface area (Å²) in [6.07, 6.45) is -0.892. The Kier molecular flexibility index (Phi) is 14.4. The zero-order chi connectivity index (χ0) is 44.8. The van der Waals surface area contributed by atoms with Gasteiger partial charge in [0.2, 0.25) is 0 Å². The molecule has 0 saturated carbocycles. The molecule has 1 fully saturated rings. The van der Waals surface area contributed by atoms with Crippen LogP contribution in [-0.4, -0.2) is 116 Å². The number of nitrogens with one attached hydrogen (secondary N) is 3. The number of carbonyl (C=O) groups excluding carboxylic acids is 4. The summed E-state index contributed by atoms with van der Waals surface area (Å²) in [4.78, 5) is 72.2. The number of nitrogen functional groups attached to an aromatic ring is 1. The van der Waals surface area contributed by atoms with Crippen molar-refractivity contribution in [3.63, 3.8) is 0 Å². The Morgan fingerprint density at radius 1 is 1.05 bits per heavy atom. The number of aliphatic carboxylic acids is 1. The van der Waals surface area contributed by atoms with Gasteiger partial charge in [-0.2, -0.15) is 18.6 Å². The smallest absolute Gasteiger partial charge is 0.418 e. The Hall–Kier alpha value is -6.05. The Balaban J connectivity index is 1.45. The highest BCUT2D eigenvalue weighted by Gasteiger charge is 2.58. The van der Waals surface area contributed by atoms with E-state index in [0.717, 1.165) is 11.3 Å². The number of rotatable bonds is 17. The molecule has 60 heavy (non-hydrogen) atoms. The number of nitrogens with two attached hydrogens (primary N) is 1. The maximum absolute atomic E-state index is 13.6. The van der Waals surface area contributed by atoms with E-state index in [0.29, 0.717) is 35.7 Å². The Morgan fingerprint density at radius 2 is 1.68 bits per heavy atom. The van der Waals surface area contributed by atoms with E-state index in [9.17, 15) is 37.5 Å². The van der Waals surface area contributed by atoms with Crippen LogP contribution < -0.4 is 26.4 Å². The summed E-state index contributed by atoms with van der Waals surface area (Å²) in [7, 11) is -5.09. The first-order valence-electron chi connectivity index (χ1n) is 18.0. The fraction of sp³-hybridized carbons (Fsp3) is 0.486. The van der Waals surface area contributed by atoms with Crippen LogP contribution in [-0.2, 0) is 49.9 Å². The van der Waals surface area contributed by atoms with E-state index in [4.69, 9.17) is 29.3 Å². The van der Waals surface area contributed by atoms with Crippen molar-refractivity contribution in [1.29, 1.82) is 0 Å². The molecule has 1 aliphatic rings. The Bertz CT molecular complexity index is 2210. The standard InChI is InChI=1S/C35H47N9O14S2/c1-33(2,3)55-31(49)37-14-9-15-43-16-21(26(36)41-43)19-10-12-20(13-11-19)54-17-23(29(47)48)57-42-24(22-18-59-30(38-22)40-32(50)56-34(4,5)6)27(45)39-25-28(46)44(35(25,7)8)58-60(51,52)53/h10-13,16,18,23,25H,9,14-15,17H2,1-8H3,(H2,36,41)(H,37,49)(H,39,45)(H,47,48)(H,38,40,50)(H,51,52,53)/b42-24-/t23-,25+/m0/s1. The second-order valence-electron chi connectivity index (χ2n) is 15.5. The monoisotopic (exact) mass is 881 g/mol. The van der Waals surface area contributed by atoms with Crippen molar-refractivity contribution in [3.05, 3.63) is 41.5 Å². The molecule has 3 heterocycles. The van der Waals surface area contributed by atoms with Gasteiger partial charge < -0.3 is 40.5 Å². The van der Waals surface area contributed by atoms with Crippen molar-refractivity contribution < 1.29 is 65.4 Å². The molecule has 1 aliphatic heterocycles. The second-order valence-corrected chi connectivity index (χ2v) is 17.4. The first kappa shape index (κ1) is 46.6. The van der Waals surface area contributed by atoms with Gasteiger partial charge >= 0.3 is 28.6 Å². The number of nitrogens with zero attached hydrogens (tertiary/aromatic N) is 5. The maximum Gasteiger partial charge on any atom is 0.418 e. The molecule has 4 rings (SSSR count). The van der Waals surface area contributed by atoms with Gasteiger partial charge in [0.25, 0.3) is 17.9 Å². The van der Waals surface area contributed by atoms with Crippen molar-refractivity contribution in [3.8, 4) is 16.9 Å². The highest BCUT2D eigenvalue weighted by atomic mass is 32.3. The SMILES string of the molecule is CC(C)(C)OC(=O)NCCCn1cc(-c2ccc(OC[C@H](O/N=C(\C(=O)N[C@@H]3C(=O)N(OS(=O)(=O)O)C3(C)C)c3csc(NC(=O)OC(C)(C)C)n3)C(=O)O)cc2)c(N)n1. The quantitative estimate of drug-likeness (QED) is 0.0373. The third-order valence-electron chi connectivity index (χ3n) is 7.83. The number of anilines is 2. The predicted octanol–water partition coefficient (Wildman–Crippen LogP) is 2.94. The van der Waals surface area contributed by atoms with Crippen LogP contribution >= 0.6 is 11.3 Å². The lowest BCUT2D eigenvalue weighted by molar-refractivity contribution is -0.218. The van der Waals surface area contributed by atoms with E-state index in [1.807, 2.05) is 0 Å². The topological polar surface area (TPSA) is 315 Å². The molecule has 25 heteroatoms. The van der Waals surface area contributed by atoms with Crippen LogP contribution in [0, 0.1) is 0 Å². The minimum Gasteiger partial charge on any atom is -0.489 e. The number of ether oxygens (including phenoxy) is 3. The number of β-lactam (4-membered cyclic amide) rings is 1. The molecule has 23 nitrogen and oxygen atoms in total. The third kappa shape index (κ3) is 13.2. The molecule has 4 amide bonds. The lowest BCUT2D eigenvalue weighted by Gasteiger charge is -2.50. The summed E-state index contributed by atoms with van der Waals surface area (Å²) >= 11 is 0.850. The number of benzene rings is 1. The van der Waals surface area contributed by atoms with E-state index in [1.54, 1.807) is 76.7 Å². The largest absolute Gasteiger partial charge is 0.489 e. The van der Waals surface area contributed by atoms with Gasteiger partial charge in [-0.3, -0.25) is 24.1 Å². The van der Waals surface area contributed by atoms with Crippen molar-refractivity contribution in [2.75, 3.05) is 24.2 Å². The molecular weight excluding hydrogens is 835 g/mol. The van der Waals surface area contributed by atoms with Gasteiger partial charge in [-0.05, 0) is 79.5 Å². The van der Waals surface area contributed by atoms with E-state index in [1.165, 1.54) is 19.2 Å². The molecule has 0 unspecified atom stereocenters. The number of aromatic nitrogens is 3. The summed E-state index contributed by atoms with van der Waals surface area (Å²) < 4.78 is 53.6. The number of carboxylic acids is 1. The van der Waals surface area contributed by atoms with Crippen LogP contribution in [0.25, 0.3) is 11.1 Å². The number of carbonyl (C=O) groups is 5. The number of thiazole rings is 1. The summed E-state index contributed by atoms with van der Waals surface area (Å²) in [5, 5.41) is 27.0. The van der Waals surface area contributed by atoms with Crippen molar-refractivity contribution in [2.45, 2.75) is 97.2 Å². The zero-order valence-electron chi connectivity index (χ0n) is 33.9. The molecule has 0 radical (unpaired) electrons. The van der Waals surface area contributed by atoms with Crippen LogP contribution in [0.5, 0.6) is 5.75 Å². The van der Waals surface area contributed by atoms with Crippen molar-refractivity contribution >= 4 is 68.4 Å². The van der Waals surface area contributed by atoms with Crippen LogP contribution in [0.2, 0.25) is 0 Å². The molecule has 1 saturated heterocycles. The fourth-order valence-electron chi connectivity index (χ4n) is 5.14. The minimum atomic E-state index is -5.09. The normalized spacial score (nSPS) is 15.9. The van der Waals surface area contributed by atoms with E-state index < -0.39 is 81.6 Å². The molecule has 2 atom stereocenters. The predicted molar refractivity (Wildman–Crippen MR) is 213 cm³/mol. The van der Waals surface area contributed by atoms with E-state index in [2.05, 4.69) is 35.5 Å². The average Bonchev–Trinajstić information content (AvgIpc) is 3.73. The molecule has 0 bridgehead atoms. The van der Waals surface area contributed by atoms with Crippen molar-refractivity contribution in [1.82, 2.24) is 30.5 Å². The van der Waals surface area contributed by atoms with E-state index >= 15 is 0 Å². The number of hydrogen-bond donors (Lipinski definition) is 6. The molecule has 0 aliphatic carbocycles. The zero-order valence-corrected chi connectivity index (χ0v) is 35.5. The molecule has 328 valence electrons. The number of aryl methyl sites for hydroxylation is 1.